The van der Waals surface area contributed by atoms with Gasteiger partial charge < -0.3 is 20.5 Å². The Labute approximate surface area is 156 Å². The van der Waals surface area contributed by atoms with Crippen LogP contribution in [0.25, 0.3) is 0 Å². The number of aromatic nitrogens is 2. The molecule has 0 bridgehead atoms. The third-order valence-corrected chi connectivity index (χ3v) is 5.07. The van der Waals surface area contributed by atoms with Gasteiger partial charge in [-0.1, -0.05) is 6.07 Å². The van der Waals surface area contributed by atoms with E-state index in [9.17, 15) is 14.7 Å². The summed E-state index contributed by atoms with van der Waals surface area (Å²) in [6, 6.07) is 8.17. The summed E-state index contributed by atoms with van der Waals surface area (Å²) >= 11 is 0. The molecule has 27 heavy (non-hydrogen) atoms. The van der Waals surface area contributed by atoms with Crippen molar-refractivity contribution < 1.29 is 19.4 Å². The Balaban J connectivity index is 1.62. The molecule has 8 heteroatoms. The van der Waals surface area contributed by atoms with E-state index in [1.807, 2.05) is 0 Å². The smallest absolute Gasteiger partial charge is 0.269 e. The molecule has 1 saturated heterocycles. The van der Waals surface area contributed by atoms with Gasteiger partial charge in [0, 0.05) is 36.7 Å². The van der Waals surface area contributed by atoms with E-state index in [1.165, 1.54) is 19.2 Å². The number of fused-ring (bicyclic) bond motifs is 1. The van der Waals surface area contributed by atoms with Crippen LogP contribution in [0.15, 0.2) is 36.5 Å². The normalized spacial score (nSPS) is 24.0. The summed E-state index contributed by atoms with van der Waals surface area (Å²) in [7, 11) is 1.48. The van der Waals surface area contributed by atoms with Crippen molar-refractivity contribution >= 4 is 11.8 Å². The second kappa shape index (κ2) is 7.05. The first kappa shape index (κ1) is 17.6. The summed E-state index contributed by atoms with van der Waals surface area (Å²) in [6.07, 6.45) is 0.416. The average Bonchev–Trinajstić information content (AvgIpc) is 3.13. The van der Waals surface area contributed by atoms with Crippen LogP contribution in [0.5, 0.6) is 0 Å². The van der Waals surface area contributed by atoms with E-state index < -0.39 is 12.0 Å². The molecule has 3 N–H and O–H groups in total. The number of ether oxygens (including phenoxy) is 1. The van der Waals surface area contributed by atoms with Gasteiger partial charge in [0.1, 0.15) is 11.8 Å². The lowest BCUT2D eigenvalue weighted by Crippen LogP contribution is -2.31. The van der Waals surface area contributed by atoms with E-state index in [4.69, 9.17) is 4.74 Å². The first-order valence-electron chi connectivity index (χ1n) is 8.80. The number of pyridine rings is 2. The molecule has 0 aromatic carbocycles. The maximum Gasteiger partial charge on any atom is 0.269 e. The van der Waals surface area contributed by atoms with Crippen LogP contribution < -0.4 is 10.6 Å². The highest BCUT2D eigenvalue weighted by molar-refractivity contribution is 5.99. The molecule has 3 heterocycles. The van der Waals surface area contributed by atoms with Crippen molar-refractivity contribution in [1.82, 2.24) is 20.6 Å². The standard InChI is InChI=1S/C19H20N4O4/c1-20-19(26)15-7-10(18(25)23-16-11-8-27-9-12(11)16)6-14(22-15)17(24)13-4-2-3-5-21-13/h2-7,11-12,16-17,24H,8-9H2,1H3,(H,20,26)(H,23,25)/t11-,12+,16?,17?. The monoisotopic (exact) mass is 368 g/mol. The number of carbonyl (C=O) groups is 2. The number of hydrogen-bond acceptors (Lipinski definition) is 6. The number of amides is 2. The lowest BCUT2D eigenvalue weighted by Gasteiger charge is -2.14. The fraction of sp³-hybridized carbons (Fsp3) is 0.368. The molecule has 1 aliphatic heterocycles. The molecule has 4 atom stereocenters. The largest absolute Gasteiger partial charge is 0.381 e. The van der Waals surface area contributed by atoms with Crippen molar-refractivity contribution in [3.63, 3.8) is 0 Å². The van der Waals surface area contributed by atoms with Crippen LogP contribution in [-0.4, -0.2) is 53.2 Å². The molecule has 2 unspecified atom stereocenters. The van der Waals surface area contributed by atoms with E-state index >= 15 is 0 Å². The van der Waals surface area contributed by atoms with Gasteiger partial charge in [-0.15, -0.1) is 0 Å². The minimum absolute atomic E-state index is 0.0643. The van der Waals surface area contributed by atoms with Gasteiger partial charge >= 0.3 is 0 Å². The SMILES string of the molecule is CNC(=O)c1cc(C(=O)NC2[C@H]3COC[C@@H]23)cc(C(O)c2ccccn2)n1. The van der Waals surface area contributed by atoms with E-state index in [0.717, 1.165) is 0 Å². The maximum atomic E-state index is 12.7. The molecule has 2 aromatic rings. The molecule has 1 saturated carbocycles. The van der Waals surface area contributed by atoms with E-state index in [1.54, 1.807) is 24.4 Å². The predicted molar refractivity (Wildman–Crippen MR) is 95.0 cm³/mol. The number of rotatable bonds is 5. The van der Waals surface area contributed by atoms with Crippen molar-refractivity contribution in [2.45, 2.75) is 12.1 Å². The van der Waals surface area contributed by atoms with Gasteiger partial charge in [-0.25, -0.2) is 4.98 Å². The van der Waals surface area contributed by atoms with Crippen LogP contribution >= 0.6 is 0 Å². The molecule has 0 radical (unpaired) electrons. The van der Waals surface area contributed by atoms with Gasteiger partial charge in [0.25, 0.3) is 11.8 Å². The molecule has 2 amide bonds. The van der Waals surface area contributed by atoms with Crippen molar-refractivity contribution in [2.24, 2.45) is 11.8 Å². The molecule has 4 rings (SSSR count). The third-order valence-electron chi connectivity index (χ3n) is 5.07. The molecule has 2 aliphatic rings. The zero-order chi connectivity index (χ0) is 19.0. The number of aliphatic hydroxyl groups excluding tert-OH is 1. The highest BCUT2D eigenvalue weighted by atomic mass is 16.5. The Hall–Kier alpha value is -2.84. The first-order chi connectivity index (χ1) is 13.1. The second-order valence-corrected chi connectivity index (χ2v) is 6.77. The summed E-state index contributed by atoms with van der Waals surface area (Å²) in [5, 5.41) is 16.1. The van der Waals surface area contributed by atoms with Crippen molar-refractivity contribution in [3.8, 4) is 0 Å². The fourth-order valence-corrected chi connectivity index (χ4v) is 3.45. The number of nitrogens with zero attached hydrogens (tertiary/aromatic N) is 2. The van der Waals surface area contributed by atoms with Crippen LogP contribution in [-0.2, 0) is 4.74 Å². The molecule has 0 spiro atoms. The number of carbonyl (C=O) groups excluding carboxylic acids is 2. The topological polar surface area (TPSA) is 113 Å². The van der Waals surface area contributed by atoms with Crippen molar-refractivity contribution in [1.29, 1.82) is 0 Å². The van der Waals surface area contributed by atoms with Gasteiger partial charge in [0.15, 0.2) is 0 Å². The highest BCUT2D eigenvalue weighted by Crippen LogP contribution is 2.44. The zero-order valence-electron chi connectivity index (χ0n) is 14.8. The number of hydrogen-bond donors (Lipinski definition) is 3. The third kappa shape index (κ3) is 3.41. The predicted octanol–water partition coefficient (Wildman–Crippen LogP) is 0.292. The molecular weight excluding hydrogens is 348 g/mol. The van der Waals surface area contributed by atoms with Crippen LogP contribution in [0.1, 0.15) is 38.3 Å². The quantitative estimate of drug-likeness (QED) is 0.699. The molecule has 8 nitrogen and oxygen atoms in total. The van der Waals surface area contributed by atoms with Crippen LogP contribution in [0.4, 0.5) is 0 Å². The van der Waals surface area contributed by atoms with Crippen LogP contribution in [0, 0.1) is 11.8 Å². The first-order valence-corrected chi connectivity index (χ1v) is 8.80. The summed E-state index contributed by atoms with van der Waals surface area (Å²) in [6.45, 7) is 1.33. The van der Waals surface area contributed by atoms with Crippen molar-refractivity contribution in [2.75, 3.05) is 20.3 Å². The van der Waals surface area contributed by atoms with Gasteiger partial charge in [-0.3, -0.25) is 14.6 Å². The fourth-order valence-electron chi connectivity index (χ4n) is 3.45. The van der Waals surface area contributed by atoms with Gasteiger partial charge in [-0.05, 0) is 24.3 Å². The molecular formula is C19H20N4O4. The lowest BCUT2D eigenvalue weighted by molar-refractivity contribution is 0.0928. The number of nitrogens with one attached hydrogen (secondary N) is 2. The minimum atomic E-state index is -1.14. The Morgan fingerprint density at radius 3 is 2.63 bits per heavy atom. The number of aliphatic hydroxyl groups is 1. The molecule has 2 fully saturated rings. The molecule has 2 aromatic heterocycles. The lowest BCUT2D eigenvalue weighted by atomic mass is 10.1. The Kier molecular flexibility index (Phi) is 4.59. The van der Waals surface area contributed by atoms with E-state index in [0.29, 0.717) is 30.7 Å². The van der Waals surface area contributed by atoms with Gasteiger partial charge in [-0.2, -0.15) is 0 Å². The van der Waals surface area contributed by atoms with Crippen molar-refractivity contribution in [3.05, 3.63) is 59.2 Å². The van der Waals surface area contributed by atoms with Gasteiger partial charge in [0.2, 0.25) is 0 Å². The van der Waals surface area contributed by atoms with Gasteiger partial charge in [0.05, 0.1) is 24.6 Å². The summed E-state index contributed by atoms with van der Waals surface area (Å²) in [5.74, 6) is 0.00721. The molecule has 1 aliphatic carbocycles. The average molecular weight is 368 g/mol. The maximum absolute atomic E-state index is 12.7. The zero-order valence-corrected chi connectivity index (χ0v) is 14.8. The Morgan fingerprint density at radius 1 is 1.19 bits per heavy atom. The minimum Gasteiger partial charge on any atom is -0.381 e. The Morgan fingerprint density at radius 2 is 1.96 bits per heavy atom. The molecule has 140 valence electrons. The van der Waals surface area contributed by atoms with E-state index in [-0.39, 0.29) is 28.9 Å². The van der Waals surface area contributed by atoms with Crippen LogP contribution in [0.2, 0.25) is 0 Å². The van der Waals surface area contributed by atoms with E-state index in [2.05, 4.69) is 20.6 Å². The summed E-state index contributed by atoms with van der Waals surface area (Å²) in [5.41, 5.74) is 0.924. The Bertz CT molecular complexity index is 863. The second-order valence-electron chi connectivity index (χ2n) is 6.77. The highest BCUT2D eigenvalue weighted by Gasteiger charge is 2.54. The summed E-state index contributed by atoms with van der Waals surface area (Å²) < 4.78 is 5.33. The summed E-state index contributed by atoms with van der Waals surface area (Å²) in [4.78, 5) is 33.1. The van der Waals surface area contributed by atoms with Crippen LogP contribution in [0.3, 0.4) is 0 Å².